The van der Waals surface area contributed by atoms with Gasteiger partial charge < -0.3 is 14.8 Å². The van der Waals surface area contributed by atoms with Gasteiger partial charge in [-0.25, -0.2) is 5.43 Å². The van der Waals surface area contributed by atoms with Crippen LogP contribution in [0.3, 0.4) is 0 Å². The maximum Gasteiger partial charge on any atom is 0.269 e. The van der Waals surface area contributed by atoms with Crippen molar-refractivity contribution in [2.75, 3.05) is 11.9 Å². The van der Waals surface area contributed by atoms with Crippen molar-refractivity contribution >= 4 is 29.4 Å². The zero-order chi connectivity index (χ0) is 25.8. The van der Waals surface area contributed by atoms with E-state index in [1.807, 2.05) is 6.92 Å². The van der Waals surface area contributed by atoms with E-state index >= 15 is 0 Å². The highest BCUT2D eigenvalue weighted by molar-refractivity contribution is 5.93. The molecule has 0 aromatic heterocycles. The summed E-state index contributed by atoms with van der Waals surface area (Å²) >= 11 is 0. The summed E-state index contributed by atoms with van der Waals surface area (Å²) in [6, 6.07) is 20.2. The topological polar surface area (TPSA) is 132 Å². The summed E-state index contributed by atoms with van der Waals surface area (Å²) < 4.78 is 11.0. The molecular formula is C26H26N4O6. The van der Waals surface area contributed by atoms with E-state index in [9.17, 15) is 19.7 Å². The third-order valence-corrected chi connectivity index (χ3v) is 4.86. The van der Waals surface area contributed by atoms with Gasteiger partial charge in [0.1, 0.15) is 18.1 Å². The fourth-order valence-electron chi connectivity index (χ4n) is 3.02. The number of non-ortho nitro benzene ring substituents is 1. The predicted octanol–water partition coefficient (Wildman–Crippen LogP) is 4.44. The number of nitrogens with one attached hydrogen (secondary N) is 2. The molecule has 0 spiro atoms. The van der Waals surface area contributed by atoms with Crippen LogP contribution in [0.4, 0.5) is 11.4 Å². The van der Waals surface area contributed by atoms with Crippen molar-refractivity contribution in [3.63, 3.8) is 0 Å². The van der Waals surface area contributed by atoms with Crippen molar-refractivity contribution in [3.05, 3.63) is 94.0 Å². The number of rotatable bonds is 12. The molecule has 0 radical (unpaired) electrons. The number of amides is 2. The van der Waals surface area contributed by atoms with E-state index in [1.54, 1.807) is 60.7 Å². The van der Waals surface area contributed by atoms with E-state index < -0.39 is 4.92 Å². The second-order valence-corrected chi connectivity index (χ2v) is 7.58. The molecule has 2 N–H and O–H groups in total. The van der Waals surface area contributed by atoms with Crippen molar-refractivity contribution in [3.8, 4) is 11.5 Å². The fraction of sp³-hybridized carbons (Fsp3) is 0.192. The number of nitro benzene ring substituents is 1. The predicted molar refractivity (Wildman–Crippen MR) is 135 cm³/mol. The first-order chi connectivity index (χ1) is 17.4. The number of carbonyl (C=O) groups is 2. The molecule has 0 saturated carbocycles. The Bertz CT molecular complexity index is 1190. The number of nitrogens with zero attached hydrogens (tertiary/aromatic N) is 2. The third kappa shape index (κ3) is 8.56. The first kappa shape index (κ1) is 25.9. The zero-order valence-corrected chi connectivity index (χ0v) is 19.7. The average Bonchev–Trinajstić information content (AvgIpc) is 2.88. The van der Waals surface area contributed by atoms with Crippen LogP contribution in [0.15, 0.2) is 77.9 Å². The summed E-state index contributed by atoms with van der Waals surface area (Å²) in [7, 11) is 0. The maximum atomic E-state index is 12.0. The Labute approximate surface area is 208 Å². The summed E-state index contributed by atoms with van der Waals surface area (Å²) in [6.45, 7) is 2.73. The van der Waals surface area contributed by atoms with E-state index in [4.69, 9.17) is 9.47 Å². The largest absolute Gasteiger partial charge is 0.494 e. The van der Waals surface area contributed by atoms with Crippen molar-refractivity contribution < 1.29 is 24.0 Å². The number of hydrazone groups is 1. The second kappa shape index (κ2) is 13.2. The molecule has 0 aliphatic carbocycles. The minimum absolute atomic E-state index is 0.00434. The lowest BCUT2D eigenvalue weighted by Crippen LogP contribution is -2.20. The van der Waals surface area contributed by atoms with E-state index in [0.29, 0.717) is 18.0 Å². The number of carbonyl (C=O) groups excluding carboxylic acids is 2. The molecule has 0 bridgehead atoms. The van der Waals surface area contributed by atoms with Crippen LogP contribution in [0.5, 0.6) is 11.5 Å². The van der Waals surface area contributed by atoms with Gasteiger partial charge >= 0.3 is 0 Å². The molecule has 0 saturated heterocycles. The van der Waals surface area contributed by atoms with Crippen LogP contribution in [0.1, 0.15) is 30.9 Å². The van der Waals surface area contributed by atoms with Gasteiger partial charge in [-0.15, -0.1) is 0 Å². The smallest absolute Gasteiger partial charge is 0.269 e. The van der Waals surface area contributed by atoms with Crippen LogP contribution in [-0.4, -0.2) is 29.6 Å². The van der Waals surface area contributed by atoms with Gasteiger partial charge in [0.15, 0.2) is 0 Å². The SMILES string of the molecule is CCOc1ccc(NC(=O)CCC(=O)NN=Cc2ccc(OCc3ccc([N+](=O)[O-])cc3)cc2)cc1. The van der Waals surface area contributed by atoms with Crippen LogP contribution >= 0.6 is 0 Å². The Morgan fingerprint density at radius 3 is 2.14 bits per heavy atom. The van der Waals surface area contributed by atoms with Gasteiger partial charge in [0.05, 0.1) is 17.7 Å². The Balaban J connectivity index is 1.36. The normalized spacial score (nSPS) is 10.6. The lowest BCUT2D eigenvalue weighted by atomic mass is 10.2. The summed E-state index contributed by atoms with van der Waals surface area (Å²) in [4.78, 5) is 34.3. The standard InChI is InChI=1S/C26H26N4O6/c1-2-35-23-13-7-21(8-14-23)28-25(31)15-16-26(32)29-27-17-19-5-11-24(12-6-19)36-18-20-3-9-22(10-4-20)30(33)34/h3-14,17H,2,15-16,18H2,1H3,(H,28,31)(H,29,32). The number of ether oxygens (including phenoxy) is 2. The van der Waals surface area contributed by atoms with Crippen LogP contribution in [0.25, 0.3) is 0 Å². The van der Waals surface area contributed by atoms with Gasteiger partial charge in [0.25, 0.3) is 5.69 Å². The van der Waals surface area contributed by atoms with E-state index in [1.165, 1.54) is 18.3 Å². The van der Waals surface area contributed by atoms with Crippen LogP contribution < -0.4 is 20.2 Å². The molecule has 10 heteroatoms. The summed E-state index contributed by atoms with van der Waals surface area (Å²) in [5, 5.41) is 17.3. The summed E-state index contributed by atoms with van der Waals surface area (Å²) in [6.07, 6.45) is 1.50. The number of anilines is 1. The van der Waals surface area contributed by atoms with Crippen molar-refractivity contribution in [2.24, 2.45) is 5.10 Å². The molecule has 0 unspecified atom stereocenters. The van der Waals surface area contributed by atoms with Gasteiger partial charge in [-0.2, -0.15) is 5.10 Å². The van der Waals surface area contributed by atoms with Gasteiger partial charge in [-0.3, -0.25) is 19.7 Å². The number of hydrogen-bond donors (Lipinski definition) is 2. The average molecular weight is 491 g/mol. The Morgan fingerprint density at radius 1 is 0.889 bits per heavy atom. The van der Waals surface area contributed by atoms with E-state index in [0.717, 1.165) is 16.9 Å². The summed E-state index contributed by atoms with van der Waals surface area (Å²) in [5.41, 5.74) is 4.61. The molecule has 0 aliphatic rings. The molecule has 2 amide bonds. The Morgan fingerprint density at radius 2 is 1.50 bits per heavy atom. The van der Waals surface area contributed by atoms with Gasteiger partial charge in [-0.1, -0.05) is 0 Å². The molecule has 10 nitrogen and oxygen atoms in total. The molecule has 186 valence electrons. The maximum absolute atomic E-state index is 12.0. The van der Waals surface area contributed by atoms with Gasteiger partial charge in [-0.05, 0) is 78.7 Å². The molecule has 0 atom stereocenters. The molecule has 0 fully saturated rings. The first-order valence-corrected chi connectivity index (χ1v) is 11.2. The van der Waals surface area contributed by atoms with Crippen LogP contribution in [-0.2, 0) is 16.2 Å². The quantitative estimate of drug-likeness (QED) is 0.219. The lowest BCUT2D eigenvalue weighted by Gasteiger charge is -2.07. The highest BCUT2D eigenvalue weighted by Crippen LogP contribution is 2.17. The van der Waals surface area contributed by atoms with Crippen molar-refractivity contribution in [2.45, 2.75) is 26.4 Å². The minimum Gasteiger partial charge on any atom is -0.494 e. The number of benzene rings is 3. The van der Waals surface area contributed by atoms with Crippen LogP contribution in [0.2, 0.25) is 0 Å². The Hall–Kier alpha value is -4.73. The molecule has 3 aromatic rings. The van der Waals surface area contributed by atoms with Crippen molar-refractivity contribution in [1.29, 1.82) is 0 Å². The van der Waals surface area contributed by atoms with Crippen LogP contribution in [0, 0.1) is 10.1 Å². The van der Waals surface area contributed by atoms with Crippen molar-refractivity contribution in [1.82, 2.24) is 5.43 Å². The Kier molecular flexibility index (Phi) is 9.51. The second-order valence-electron chi connectivity index (χ2n) is 7.58. The highest BCUT2D eigenvalue weighted by Gasteiger charge is 2.07. The lowest BCUT2D eigenvalue weighted by molar-refractivity contribution is -0.384. The van der Waals surface area contributed by atoms with E-state index in [-0.39, 0.29) is 37.0 Å². The third-order valence-electron chi connectivity index (χ3n) is 4.86. The number of hydrogen-bond acceptors (Lipinski definition) is 7. The molecular weight excluding hydrogens is 464 g/mol. The first-order valence-electron chi connectivity index (χ1n) is 11.2. The molecule has 36 heavy (non-hydrogen) atoms. The molecule has 0 heterocycles. The number of nitro groups is 1. The molecule has 3 rings (SSSR count). The van der Waals surface area contributed by atoms with E-state index in [2.05, 4.69) is 15.8 Å². The highest BCUT2D eigenvalue weighted by atomic mass is 16.6. The van der Waals surface area contributed by atoms with Gasteiger partial charge in [0, 0.05) is 30.7 Å². The summed E-state index contributed by atoms with van der Waals surface area (Å²) in [5.74, 6) is 0.684. The molecule has 0 aliphatic heterocycles. The minimum atomic E-state index is -0.449. The zero-order valence-electron chi connectivity index (χ0n) is 19.7. The molecule has 3 aromatic carbocycles. The van der Waals surface area contributed by atoms with Gasteiger partial charge in [0.2, 0.25) is 11.8 Å². The monoisotopic (exact) mass is 490 g/mol. The fourth-order valence-corrected chi connectivity index (χ4v) is 3.02.